The summed E-state index contributed by atoms with van der Waals surface area (Å²) in [4.78, 5) is 11.2. The highest BCUT2D eigenvalue weighted by molar-refractivity contribution is 5.74. The summed E-state index contributed by atoms with van der Waals surface area (Å²) in [5.74, 6) is -2.42. The van der Waals surface area contributed by atoms with Crippen LogP contribution in [0.1, 0.15) is 23.6 Å². The largest absolute Gasteiger partial charge is 0.508 e. The van der Waals surface area contributed by atoms with Gasteiger partial charge in [0.2, 0.25) is 0 Å². The lowest BCUT2D eigenvalue weighted by Crippen LogP contribution is -2.20. The number of aromatic hydroxyl groups is 1. The van der Waals surface area contributed by atoms with Gasteiger partial charge in [0.05, 0.1) is 24.2 Å². The fourth-order valence-corrected chi connectivity index (χ4v) is 1.71. The molecule has 1 aromatic rings. The Morgan fingerprint density at radius 2 is 1.52 bits per heavy atom. The third-order valence-electron chi connectivity index (χ3n) is 2.47. The lowest BCUT2D eigenvalue weighted by molar-refractivity contribution is -0.146. The molecular weight excluding hydrogens is 306 g/mol. The first kappa shape index (κ1) is 17.1. The van der Waals surface area contributed by atoms with E-state index < -0.39 is 47.2 Å². The number of esters is 1. The molecule has 0 unspecified atom stereocenters. The molecule has 9 heteroatoms. The van der Waals surface area contributed by atoms with Crippen LogP contribution in [0.25, 0.3) is 0 Å². The summed E-state index contributed by atoms with van der Waals surface area (Å²) in [6.45, 7) is 1.18. The second-order valence-electron chi connectivity index (χ2n) is 4.00. The smallest absolute Gasteiger partial charge is 0.416 e. The highest BCUT2D eigenvalue weighted by Gasteiger charge is 2.42. The Labute approximate surface area is 115 Å². The van der Waals surface area contributed by atoms with Crippen LogP contribution in [0, 0.1) is 0 Å². The molecule has 0 saturated heterocycles. The summed E-state index contributed by atoms with van der Waals surface area (Å²) in [6, 6.07) is 0.285. The normalized spacial score (nSPS) is 12.3. The molecule has 0 aromatic heterocycles. The van der Waals surface area contributed by atoms with Crippen molar-refractivity contribution in [2.75, 3.05) is 6.61 Å². The molecule has 0 fully saturated rings. The number of phenolic OH excluding ortho intramolecular Hbond substituents is 1. The molecule has 0 bridgehead atoms. The highest BCUT2D eigenvalue weighted by atomic mass is 19.4. The van der Waals surface area contributed by atoms with Gasteiger partial charge in [0, 0.05) is 0 Å². The Morgan fingerprint density at radius 3 is 1.86 bits per heavy atom. The number of rotatable bonds is 3. The molecule has 3 nitrogen and oxygen atoms in total. The summed E-state index contributed by atoms with van der Waals surface area (Å²) in [5, 5.41) is 9.07. The van der Waals surface area contributed by atoms with Crippen LogP contribution in [0.3, 0.4) is 0 Å². The molecule has 0 heterocycles. The second-order valence-corrected chi connectivity index (χ2v) is 4.00. The van der Waals surface area contributed by atoms with Crippen molar-refractivity contribution < 1.29 is 41.0 Å². The van der Waals surface area contributed by atoms with E-state index in [4.69, 9.17) is 5.11 Å². The summed E-state index contributed by atoms with van der Waals surface area (Å²) >= 11 is 0. The molecule has 1 rings (SSSR count). The van der Waals surface area contributed by atoms with Crippen LogP contribution in [0.5, 0.6) is 5.75 Å². The Balaban J connectivity index is 3.50. The molecule has 0 atom stereocenters. The Morgan fingerprint density at radius 1 is 1.10 bits per heavy atom. The lowest BCUT2D eigenvalue weighted by atomic mass is 9.96. The van der Waals surface area contributed by atoms with Crippen molar-refractivity contribution in [3.63, 3.8) is 0 Å². The molecule has 0 aliphatic rings. The quantitative estimate of drug-likeness (QED) is 0.685. The van der Waals surface area contributed by atoms with Crippen LogP contribution in [0.2, 0.25) is 0 Å². The number of hydrogen-bond acceptors (Lipinski definition) is 3. The maximum absolute atomic E-state index is 12.8. The van der Waals surface area contributed by atoms with Crippen LogP contribution in [0.4, 0.5) is 26.3 Å². The van der Waals surface area contributed by atoms with Gasteiger partial charge in [-0.15, -0.1) is 0 Å². The fraction of sp³-hybridized carbons (Fsp3) is 0.417. The summed E-state index contributed by atoms with van der Waals surface area (Å²) in [6.07, 6.45) is -11.5. The molecule has 0 saturated carbocycles. The molecule has 0 amide bonds. The van der Waals surface area contributed by atoms with Crippen LogP contribution in [0.15, 0.2) is 12.1 Å². The number of carbonyl (C=O) groups excluding carboxylic acids is 1. The van der Waals surface area contributed by atoms with Gasteiger partial charge in [-0.05, 0) is 24.6 Å². The molecule has 1 aromatic carbocycles. The Kier molecular flexibility index (Phi) is 4.75. The van der Waals surface area contributed by atoms with Crippen LogP contribution in [-0.4, -0.2) is 17.7 Å². The molecule has 0 aliphatic heterocycles. The molecular formula is C12H10F6O3. The number of benzene rings is 1. The average molecular weight is 316 g/mol. The first-order valence-electron chi connectivity index (χ1n) is 5.62. The zero-order chi connectivity index (χ0) is 16.4. The van der Waals surface area contributed by atoms with E-state index >= 15 is 0 Å². The number of alkyl halides is 6. The third kappa shape index (κ3) is 4.27. The van der Waals surface area contributed by atoms with Crippen molar-refractivity contribution >= 4 is 5.97 Å². The molecule has 0 aliphatic carbocycles. The van der Waals surface area contributed by atoms with Gasteiger partial charge < -0.3 is 9.84 Å². The molecule has 0 spiro atoms. The number of carbonyl (C=O) groups is 1. The van der Waals surface area contributed by atoms with E-state index in [-0.39, 0.29) is 18.7 Å². The maximum Gasteiger partial charge on any atom is 0.416 e. The Hall–Kier alpha value is -1.93. The van der Waals surface area contributed by atoms with E-state index in [0.29, 0.717) is 0 Å². The van der Waals surface area contributed by atoms with Gasteiger partial charge in [0.15, 0.2) is 0 Å². The van der Waals surface area contributed by atoms with E-state index in [2.05, 4.69) is 4.74 Å². The Bertz CT molecular complexity index is 498. The van der Waals surface area contributed by atoms with E-state index in [9.17, 15) is 31.1 Å². The monoisotopic (exact) mass is 316 g/mol. The van der Waals surface area contributed by atoms with Crippen molar-refractivity contribution in [1.29, 1.82) is 0 Å². The van der Waals surface area contributed by atoms with Gasteiger partial charge in [0.25, 0.3) is 0 Å². The number of phenols is 1. The SMILES string of the molecule is CCOC(=O)Cc1c(C(F)(F)F)cc(O)cc1C(F)(F)F. The zero-order valence-electron chi connectivity index (χ0n) is 10.6. The minimum absolute atomic E-state index is 0.143. The van der Waals surface area contributed by atoms with Crippen molar-refractivity contribution in [3.05, 3.63) is 28.8 Å². The van der Waals surface area contributed by atoms with Gasteiger partial charge >= 0.3 is 18.3 Å². The zero-order valence-corrected chi connectivity index (χ0v) is 10.6. The van der Waals surface area contributed by atoms with E-state index in [0.717, 1.165) is 0 Å². The third-order valence-corrected chi connectivity index (χ3v) is 2.47. The first-order valence-corrected chi connectivity index (χ1v) is 5.62. The average Bonchev–Trinajstić information content (AvgIpc) is 2.28. The van der Waals surface area contributed by atoms with Gasteiger partial charge in [-0.2, -0.15) is 26.3 Å². The van der Waals surface area contributed by atoms with Crippen LogP contribution in [-0.2, 0) is 28.3 Å². The number of halogens is 6. The minimum Gasteiger partial charge on any atom is -0.508 e. The summed E-state index contributed by atoms with van der Waals surface area (Å²) < 4.78 is 81.2. The predicted molar refractivity (Wildman–Crippen MR) is 58.4 cm³/mol. The predicted octanol–water partition coefficient (Wildman–Crippen LogP) is 3.54. The van der Waals surface area contributed by atoms with Crippen LogP contribution >= 0.6 is 0 Å². The van der Waals surface area contributed by atoms with Crippen molar-refractivity contribution in [3.8, 4) is 5.75 Å². The minimum atomic E-state index is -5.15. The molecule has 21 heavy (non-hydrogen) atoms. The lowest BCUT2D eigenvalue weighted by Gasteiger charge is -2.18. The van der Waals surface area contributed by atoms with Crippen molar-refractivity contribution in [2.24, 2.45) is 0 Å². The van der Waals surface area contributed by atoms with Crippen molar-refractivity contribution in [1.82, 2.24) is 0 Å². The molecule has 0 radical (unpaired) electrons. The van der Waals surface area contributed by atoms with E-state index in [1.807, 2.05) is 0 Å². The topological polar surface area (TPSA) is 46.5 Å². The molecule has 1 N–H and O–H groups in total. The van der Waals surface area contributed by atoms with Crippen molar-refractivity contribution in [2.45, 2.75) is 25.7 Å². The van der Waals surface area contributed by atoms with Gasteiger partial charge in [-0.25, -0.2) is 0 Å². The van der Waals surface area contributed by atoms with Gasteiger partial charge in [-0.3, -0.25) is 4.79 Å². The highest BCUT2D eigenvalue weighted by Crippen LogP contribution is 2.42. The van der Waals surface area contributed by atoms with Gasteiger partial charge in [0.1, 0.15) is 5.75 Å². The first-order chi connectivity index (χ1) is 9.46. The fourth-order valence-electron chi connectivity index (χ4n) is 1.71. The summed E-state index contributed by atoms with van der Waals surface area (Å²) in [7, 11) is 0. The summed E-state index contributed by atoms with van der Waals surface area (Å²) in [5.41, 5.74) is -4.71. The van der Waals surface area contributed by atoms with E-state index in [1.165, 1.54) is 6.92 Å². The van der Waals surface area contributed by atoms with Gasteiger partial charge in [-0.1, -0.05) is 0 Å². The van der Waals surface area contributed by atoms with Crippen LogP contribution < -0.4 is 0 Å². The molecule has 118 valence electrons. The number of ether oxygens (including phenoxy) is 1. The van der Waals surface area contributed by atoms with E-state index in [1.54, 1.807) is 0 Å². The second kappa shape index (κ2) is 5.82. The maximum atomic E-state index is 12.8. The standard InChI is InChI=1S/C12H10F6O3/c1-2-21-10(20)5-7-8(11(13,14)15)3-6(19)4-9(7)12(16,17)18/h3-4,19H,2,5H2,1H3. The number of hydrogen-bond donors (Lipinski definition) is 1.